The molecule has 1 heterocycles. The van der Waals surface area contributed by atoms with Crippen LogP contribution in [0.1, 0.15) is 37.7 Å². The van der Waals surface area contributed by atoms with Gasteiger partial charge < -0.3 is 5.32 Å². The monoisotopic (exact) mass is 300 g/mol. The second kappa shape index (κ2) is 8.99. The van der Waals surface area contributed by atoms with Crippen LogP contribution < -0.4 is 10.0 Å². The molecule has 0 amide bonds. The number of nitrogens with zero attached hydrogens (tertiary/aromatic N) is 2. The molecule has 1 rings (SSSR count). The number of hydrogen-bond donors (Lipinski definition) is 2. The summed E-state index contributed by atoms with van der Waals surface area (Å²) in [4.78, 5) is 8.13. The Balaban J connectivity index is 2.24. The van der Waals surface area contributed by atoms with Crippen LogP contribution in [0.25, 0.3) is 0 Å². The van der Waals surface area contributed by atoms with Crippen molar-refractivity contribution in [3.63, 3.8) is 0 Å². The van der Waals surface area contributed by atoms with Gasteiger partial charge in [0.25, 0.3) is 0 Å². The standard InChI is InChI=1S/C13H24N4O2S/c1-3-7-14-8-4-5-10-20(18,19)16-11-13-6-9-15-12(2)17-13/h6,9,14,16H,3-5,7-8,10-11H2,1-2H3. The molecule has 0 atom stereocenters. The van der Waals surface area contributed by atoms with Gasteiger partial charge in [0, 0.05) is 6.20 Å². The van der Waals surface area contributed by atoms with E-state index in [0.29, 0.717) is 17.9 Å². The fourth-order valence-electron chi connectivity index (χ4n) is 1.70. The maximum Gasteiger partial charge on any atom is 0.211 e. The minimum Gasteiger partial charge on any atom is -0.317 e. The summed E-state index contributed by atoms with van der Waals surface area (Å²) in [6.07, 6.45) is 4.26. The van der Waals surface area contributed by atoms with Crippen LogP contribution in [0.2, 0.25) is 0 Å². The van der Waals surface area contributed by atoms with E-state index in [4.69, 9.17) is 0 Å². The zero-order valence-electron chi connectivity index (χ0n) is 12.2. The van der Waals surface area contributed by atoms with Crippen LogP contribution in [0.15, 0.2) is 12.3 Å². The van der Waals surface area contributed by atoms with E-state index in [0.717, 1.165) is 25.9 Å². The van der Waals surface area contributed by atoms with Gasteiger partial charge >= 0.3 is 0 Å². The number of hydrogen-bond acceptors (Lipinski definition) is 5. The van der Waals surface area contributed by atoms with E-state index in [9.17, 15) is 8.42 Å². The molecule has 0 aliphatic carbocycles. The molecule has 0 saturated heterocycles. The van der Waals surface area contributed by atoms with Crippen molar-refractivity contribution in [3.8, 4) is 0 Å². The highest BCUT2D eigenvalue weighted by molar-refractivity contribution is 7.89. The topological polar surface area (TPSA) is 84.0 Å². The molecule has 0 spiro atoms. The van der Waals surface area contributed by atoms with E-state index in [-0.39, 0.29) is 12.3 Å². The predicted octanol–water partition coefficient (Wildman–Crippen LogP) is 0.984. The third-order valence-corrected chi connectivity index (χ3v) is 4.16. The van der Waals surface area contributed by atoms with Crippen molar-refractivity contribution in [1.82, 2.24) is 20.0 Å². The molecule has 1 aromatic rings. The molecule has 0 aliphatic heterocycles. The van der Waals surface area contributed by atoms with Crippen LogP contribution in [0, 0.1) is 6.92 Å². The average molecular weight is 300 g/mol. The molecule has 0 aliphatic rings. The number of aromatic nitrogens is 2. The molecular formula is C13H24N4O2S. The van der Waals surface area contributed by atoms with Crippen LogP contribution in [0.3, 0.4) is 0 Å². The van der Waals surface area contributed by atoms with Crippen molar-refractivity contribution in [2.24, 2.45) is 0 Å². The summed E-state index contributed by atoms with van der Waals surface area (Å²) in [7, 11) is -3.22. The number of aryl methyl sites for hydroxylation is 1. The Morgan fingerprint density at radius 2 is 2.05 bits per heavy atom. The summed E-state index contributed by atoms with van der Waals surface area (Å²) in [6, 6.07) is 1.71. The third-order valence-electron chi connectivity index (χ3n) is 2.75. The highest BCUT2D eigenvalue weighted by atomic mass is 32.2. The lowest BCUT2D eigenvalue weighted by molar-refractivity contribution is 0.571. The summed E-state index contributed by atoms with van der Waals surface area (Å²) in [5, 5.41) is 3.25. The number of rotatable bonds is 10. The van der Waals surface area contributed by atoms with Gasteiger partial charge in [0.05, 0.1) is 18.0 Å². The molecule has 1 aromatic heterocycles. The van der Waals surface area contributed by atoms with Gasteiger partial charge in [0.2, 0.25) is 10.0 Å². The molecule has 0 aromatic carbocycles. The number of sulfonamides is 1. The molecule has 6 nitrogen and oxygen atoms in total. The van der Waals surface area contributed by atoms with Gasteiger partial charge in [0.15, 0.2) is 0 Å². The van der Waals surface area contributed by atoms with Crippen molar-refractivity contribution in [3.05, 3.63) is 23.8 Å². The van der Waals surface area contributed by atoms with E-state index < -0.39 is 10.0 Å². The molecule has 0 radical (unpaired) electrons. The van der Waals surface area contributed by atoms with Crippen LogP contribution in [0.5, 0.6) is 0 Å². The fraction of sp³-hybridized carbons (Fsp3) is 0.692. The highest BCUT2D eigenvalue weighted by Crippen LogP contribution is 1.98. The first-order chi connectivity index (χ1) is 9.53. The molecule has 0 fully saturated rings. The summed E-state index contributed by atoms with van der Waals surface area (Å²) in [5.41, 5.74) is 0.686. The Morgan fingerprint density at radius 3 is 2.75 bits per heavy atom. The molecule has 2 N–H and O–H groups in total. The highest BCUT2D eigenvalue weighted by Gasteiger charge is 2.09. The lowest BCUT2D eigenvalue weighted by atomic mass is 10.3. The van der Waals surface area contributed by atoms with Crippen molar-refractivity contribution < 1.29 is 8.42 Å². The molecule has 20 heavy (non-hydrogen) atoms. The minimum absolute atomic E-state index is 0.158. The van der Waals surface area contributed by atoms with Crippen molar-refractivity contribution in [1.29, 1.82) is 0 Å². The molecule has 7 heteroatoms. The summed E-state index contributed by atoms with van der Waals surface area (Å²) in [6.45, 7) is 5.96. The third kappa shape index (κ3) is 7.52. The molecular weight excluding hydrogens is 276 g/mol. The summed E-state index contributed by atoms with van der Waals surface area (Å²) in [5.74, 6) is 0.800. The smallest absolute Gasteiger partial charge is 0.211 e. The predicted molar refractivity (Wildman–Crippen MR) is 79.8 cm³/mol. The normalized spacial score (nSPS) is 11.7. The zero-order valence-corrected chi connectivity index (χ0v) is 13.0. The van der Waals surface area contributed by atoms with Gasteiger partial charge in [-0.2, -0.15) is 0 Å². The van der Waals surface area contributed by atoms with Crippen molar-refractivity contribution in [2.75, 3.05) is 18.8 Å². The van der Waals surface area contributed by atoms with E-state index in [1.807, 2.05) is 0 Å². The maximum atomic E-state index is 11.8. The van der Waals surface area contributed by atoms with Crippen LogP contribution in [0.4, 0.5) is 0 Å². The van der Waals surface area contributed by atoms with Crippen LogP contribution in [-0.2, 0) is 16.6 Å². The van der Waals surface area contributed by atoms with E-state index >= 15 is 0 Å². The van der Waals surface area contributed by atoms with Crippen molar-refractivity contribution in [2.45, 2.75) is 39.7 Å². The van der Waals surface area contributed by atoms with Crippen LogP contribution >= 0.6 is 0 Å². The molecule has 0 unspecified atom stereocenters. The van der Waals surface area contributed by atoms with Gasteiger partial charge in [-0.05, 0) is 45.3 Å². The average Bonchev–Trinajstić information content (AvgIpc) is 2.41. The van der Waals surface area contributed by atoms with E-state index in [1.165, 1.54) is 0 Å². The van der Waals surface area contributed by atoms with E-state index in [1.54, 1.807) is 19.2 Å². The lowest BCUT2D eigenvalue weighted by Crippen LogP contribution is -2.27. The number of unbranched alkanes of at least 4 members (excludes halogenated alkanes) is 1. The molecule has 0 saturated carbocycles. The quantitative estimate of drug-likeness (QED) is 0.629. The molecule has 114 valence electrons. The Bertz CT molecular complexity index is 491. The summed E-state index contributed by atoms with van der Waals surface area (Å²) >= 11 is 0. The van der Waals surface area contributed by atoms with Crippen LogP contribution in [-0.4, -0.2) is 37.2 Å². The Hall–Kier alpha value is -1.05. The molecule has 0 bridgehead atoms. The first-order valence-electron chi connectivity index (χ1n) is 7.00. The van der Waals surface area contributed by atoms with Gasteiger partial charge in [-0.3, -0.25) is 0 Å². The SMILES string of the molecule is CCCNCCCCS(=O)(=O)NCc1ccnc(C)n1. The van der Waals surface area contributed by atoms with Gasteiger partial charge in [-0.15, -0.1) is 0 Å². The second-order valence-electron chi connectivity index (χ2n) is 4.69. The van der Waals surface area contributed by atoms with Crippen molar-refractivity contribution >= 4 is 10.0 Å². The lowest BCUT2D eigenvalue weighted by Gasteiger charge is -2.07. The first kappa shape index (κ1) is 17.0. The van der Waals surface area contributed by atoms with Gasteiger partial charge in [0.1, 0.15) is 5.82 Å². The van der Waals surface area contributed by atoms with Gasteiger partial charge in [-0.25, -0.2) is 23.1 Å². The Morgan fingerprint density at radius 1 is 1.25 bits per heavy atom. The fourth-order valence-corrected chi connectivity index (χ4v) is 2.80. The van der Waals surface area contributed by atoms with E-state index in [2.05, 4.69) is 26.9 Å². The largest absolute Gasteiger partial charge is 0.317 e. The van der Waals surface area contributed by atoms with Gasteiger partial charge in [-0.1, -0.05) is 6.92 Å². The second-order valence-corrected chi connectivity index (χ2v) is 6.62. The summed E-state index contributed by atoms with van der Waals surface area (Å²) < 4.78 is 26.2. The number of nitrogens with one attached hydrogen (secondary N) is 2. The maximum absolute atomic E-state index is 11.8. The Kier molecular flexibility index (Phi) is 7.64. The minimum atomic E-state index is -3.22. The zero-order chi connectivity index (χ0) is 14.8. The first-order valence-corrected chi connectivity index (χ1v) is 8.65. The Labute approximate surface area is 121 Å².